The van der Waals surface area contributed by atoms with Crippen LogP contribution in [0.15, 0.2) is 12.1 Å². The van der Waals surface area contributed by atoms with E-state index in [4.69, 9.17) is 9.39 Å². The number of aryl methyl sites for hydroxylation is 1. The number of likely N-dealkylation sites (tertiary alicyclic amines) is 1. The summed E-state index contributed by atoms with van der Waals surface area (Å²) >= 11 is 0. The van der Waals surface area contributed by atoms with E-state index in [-0.39, 0.29) is 23.0 Å². The molecule has 0 aliphatic carbocycles. The molecule has 3 aliphatic rings. The molecule has 0 amide bonds. The van der Waals surface area contributed by atoms with Crippen molar-refractivity contribution in [3.63, 3.8) is 0 Å². The lowest BCUT2D eigenvalue weighted by Gasteiger charge is -2.43. The maximum Gasteiger partial charge on any atom is 0.522 e. The number of carbonyl (C=O) groups is 1. The molecule has 0 saturated carbocycles. The van der Waals surface area contributed by atoms with Crippen LogP contribution in [-0.4, -0.2) is 65.9 Å². The van der Waals surface area contributed by atoms with Crippen LogP contribution in [0.5, 0.6) is 11.5 Å². The fraction of sp³-hybridized carbons (Fsp3) is 0.611. The Bertz CT molecular complexity index is 701. The molecule has 0 bridgehead atoms. The molecule has 140 valence electrons. The van der Waals surface area contributed by atoms with E-state index < -0.39 is 13.1 Å². The molecule has 8 heteroatoms. The Balaban J connectivity index is 1.43. The Hall–Kier alpha value is -1.77. The molecule has 26 heavy (non-hydrogen) atoms. The van der Waals surface area contributed by atoms with Crippen LogP contribution in [0.1, 0.15) is 35.7 Å². The van der Waals surface area contributed by atoms with Gasteiger partial charge < -0.3 is 24.8 Å². The Labute approximate surface area is 153 Å². The molecule has 2 fully saturated rings. The highest BCUT2D eigenvalue weighted by atomic mass is 16.5. The number of carboxylic acid groups (broad SMARTS) is 1. The lowest BCUT2D eigenvalue weighted by Crippen LogP contribution is -2.59. The fourth-order valence-corrected chi connectivity index (χ4v) is 4.21. The van der Waals surface area contributed by atoms with E-state index in [0.29, 0.717) is 18.5 Å². The maximum absolute atomic E-state index is 11.8. The van der Waals surface area contributed by atoms with Crippen LogP contribution in [0.25, 0.3) is 0 Å². The average Bonchev–Trinajstić information content (AvgIpc) is 2.98. The number of nitrogens with one attached hydrogen (secondary N) is 1. The molecule has 4 rings (SSSR count). The van der Waals surface area contributed by atoms with Crippen molar-refractivity contribution in [3.05, 3.63) is 23.3 Å². The van der Waals surface area contributed by atoms with Crippen LogP contribution in [0.3, 0.4) is 0 Å². The maximum atomic E-state index is 11.8. The zero-order chi connectivity index (χ0) is 18.3. The molecule has 0 radical (unpaired) electrons. The molecule has 7 nitrogen and oxygen atoms in total. The van der Waals surface area contributed by atoms with Crippen LogP contribution in [0.2, 0.25) is 6.32 Å². The first-order valence-electron chi connectivity index (χ1n) is 9.31. The summed E-state index contributed by atoms with van der Waals surface area (Å²) < 4.78 is 11.4. The van der Waals surface area contributed by atoms with Crippen molar-refractivity contribution < 1.29 is 24.3 Å². The Kier molecular flexibility index (Phi) is 4.58. The zero-order valence-electron chi connectivity index (χ0n) is 15.0. The van der Waals surface area contributed by atoms with Gasteiger partial charge in [0.1, 0.15) is 23.2 Å². The van der Waals surface area contributed by atoms with Crippen molar-refractivity contribution in [2.75, 3.05) is 26.2 Å². The highest BCUT2D eigenvalue weighted by Crippen LogP contribution is 2.37. The van der Waals surface area contributed by atoms with Crippen LogP contribution >= 0.6 is 0 Å². The lowest BCUT2D eigenvalue weighted by molar-refractivity contribution is 0.00485. The summed E-state index contributed by atoms with van der Waals surface area (Å²) in [5.41, 5.74) is 0.993. The van der Waals surface area contributed by atoms with E-state index in [9.17, 15) is 14.9 Å². The lowest BCUT2D eigenvalue weighted by atomic mass is 9.78. The van der Waals surface area contributed by atoms with E-state index >= 15 is 0 Å². The molecule has 1 aromatic carbocycles. The zero-order valence-corrected chi connectivity index (χ0v) is 15.0. The number of hydrogen-bond acceptors (Lipinski definition) is 6. The van der Waals surface area contributed by atoms with Crippen molar-refractivity contribution in [3.8, 4) is 11.5 Å². The van der Waals surface area contributed by atoms with Gasteiger partial charge in [0, 0.05) is 25.2 Å². The van der Waals surface area contributed by atoms with Gasteiger partial charge >= 0.3 is 13.1 Å². The van der Waals surface area contributed by atoms with E-state index in [1.165, 1.54) is 12.8 Å². The molecule has 2 saturated heterocycles. The van der Waals surface area contributed by atoms with E-state index in [1.807, 2.05) is 6.07 Å². The van der Waals surface area contributed by atoms with Gasteiger partial charge in [0.2, 0.25) is 0 Å². The molecule has 0 spiro atoms. The Morgan fingerprint density at radius 1 is 1.50 bits per heavy atom. The third kappa shape index (κ3) is 3.41. The average molecular weight is 360 g/mol. The summed E-state index contributed by atoms with van der Waals surface area (Å²) in [5.74, 6) is -0.530. The standard InChI is InChI=1S/C18H25BN2O5/c1-18(6-2-8-20-18)11-21-9-13(10-21)25-14-4-3-12-5-7-19(24)26-16(12)15(14)17(22)23/h3-4,13,20,24H,2,5-11H2,1H3,(H,22,23)/t18-/m1/s1. The van der Waals surface area contributed by atoms with Gasteiger partial charge in [-0.05, 0) is 50.7 Å². The fourth-order valence-electron chi connectivity index (χ4n) is 4.21. The molecule has 1 atom stereocenters. The monoisotopic (exact) mass is 360 g/mol. The number of benzene rings is 1. The molecule has 1 aromatic rings. The number of hydrogen-bond donors (Lipinski definition) is 3. The minimum Gasteiger partial charge on any atom is -0.535 e. The van der Waals surface area contributed by atoms with Gasteiger partial charge in [-0.15, -0.1) is 0 Å². The Morgan fingerprint density at radius 3 is 3.00 bits per heavy atom. The van der Waals surface area contributed by atoms with Crippen molar-refractivity contribution in [2.24, 2.45) is 0 Å². The first-order chi connectivity index (χ1) is 12.4. The van der Waals surface area contributed by atoms with Gasteiger partial charge in [-0.3, -0.25) is 4.90 Å². The largest absolute Gasteiger partial charge is 0.535 e. The summed E-state index contributed by atoms with van der Waals surface area (Å²) in [4.78, 5) is 14.1. The van der Waals surface area contributed by atoms with Crippen molar-refractivity contribution >= 4 is 13.1 Å². The second-order valence-electron chi connectivity index (χ2n) is 7.87. The number of fused-ring (bicyclic) bond motifs is 1. The molecule has 0 unspecified atom stereocenters. The summed E-state index contributed by atoms with van der Waals surface area (Å²) in [5, 5.41) is 22.9. The summed E-state index contributed by atoms with van der Waals surface area (Å²) in [6.07, 6.45) is 3.44. The second kappa shape index (κ2) is 6.76. The van der Waals surface area contributed by atoms with E-state index in [1.54, 1.807) is 6.07 Å². The van der Waals surface area contributed by atoms with Gasteiger partial charge in [-0.2, -0.15) is 0 Å². The molecule has 3 aliphatic heterocycles. The van der Waals surface area contributed by atoms with Gasteiger partial charge in [0.15, 0.2) is 0 Å². The topological polar surface area (TPSA) is 91.3 Å². The van der Waals surface area contributed by atoms with Gasteiger partial charge in [-0.1, -0.05) is 6.07 Å². The summed E-state index contributed by atoms with van der Waals surface area (Å²) in [7, 11) is -0.963. The SMILES string of the molecule is C[C@]1(CN2CC(Oc3ccc4c(c3C(=O)O)OB(O)CC4)C2)CCCN1. The third-order valence-corrected chi connectivity index (χ3v) is 5.58. The van der Waals surface area contributed by atoms with Gasteiger partial charge in [0.25, 0.3) is 0 Å². The van der Waals surface area contributed by atoms with Crippen molar-refractivity contribution in [1.29, 1.82) is 0 Å². The predicted octanol–water partition coefficient (Wildman–Crippen LogP) is 1.01. The minimum absolute atomic E-state index is 0.0177. The van der Waals surface area contributed by atoms with E-state index in [0.717, 1.165) is 31.7 Å². The number of nitrogens with zero attached hydrogens (tertiary/aromatic N) is 1. The molecular formula is C18H25BN2O5. The van der Waals surface area contributed by atoms with Crippen LogP contribution < -0.4 is 14.7 Å². The van der Waals surface area contributed by atoms with Crippen LogP contribution in [-0.2, 0) is 6.42 Å². The molecule has 3 heterocycles. The van der Waals surface area contributed by atoms with Crippen molar-refractivity contribution in [2.45, 2.75) is 44.1 Å². The highest BCUT2D eigenvalue weighted by Gasteiger charge is 2.37. The highest BCUT2D eigenvalue weighted by molar-refractivity contribution is 6.44. The number of carboxylic acids is 1. The number of aromatic carboxylic acids is 1. The first kappa shape index (κ1) is 17.6. The summed E-state index contributed by atoms with van der Waals surface area (Å²) in [6.45, 7) is 5.89. The number of ether oxygens (including phenoxy) is 1. The minimum atomic E-state index is -1.09. The third-order valence-electron chi connectivity index (χ3n) is 5.58. The molecule has 3 N–H and O–H groups in total. The van der Waals surface area contributed by atoms with Gasteiger partial charge in [-0.25, -0.2) is 4.79 Å². The first-order valence-corrected chi connectivity index (χ1v) is 9.31. The van der Waals surface area contributed by atoms with Crippen molar-refractivity contribution in [1.82, 2.24) is 10.2 Å². The molecular weight excluding hydrogens is 335 g/mol. The van der Waals surface area contributed by atoms with Gasteiger partial charge in [0.05, 0.1) is 0 Å². The smallest absolute Gasteiger partial charge is 0.522 e. The number of rotatable bonds is 5. The van der Waals surface area contributed by atoms with E-state index in [2.05, 4.69) is 17.1 Å². The quantitative estimate of drug-likeness (QED) is 0.675. The summed E-state index contributed by atoms with van der Waals surface area (Å²) in [6, 6.07) is 3.55. The normalized spacial score (nSPS) is 26.2. The van der Waals surface area contributed by atoms with Crippen LogP contribution in [0.4, 0.5) is 0 Å². The predicted molar refractivity (Wildman–Crippen MR) is 97.0 cm³/mol. The Morgan fingerprint density at radius 2 is 2.31 bits per heavy atom. The molecule has 0 aromatic heterocycles. The van der Waals surface area contributed by atoms with Crippen LogP contribution in [0, 0.1) is 0 Å². The second-order valence-corrected chi connectivity index (χ2v) is 7.87.